The fourth-order valence-corrected chi connectivity index (χ4v) is 2.06. The fraction of sp³-hybridized carbons (Fsp3) is 0.333. The quantitative estimate of drug-likeness (QED) is 0.834. The molecule has 1 aromatic carbocycles. The molecule has 1 amide bonds. The second-order valence-electron chi connectivity index (χ2n) is 4.05. The lowest BCUT2D eigenvalue weighted by atomic mass is 10.1. The van der Waals surface area contributed by atoms with Gasteiger partial charge >= 0.3 is 5.97 Å². The highest BCUT2D eigenvalue weighted by Crippen LogP contribution is 2.39. The van der Waals surface area contributed by atoms with Crippen molar-refractivity contribution in [2.75, 3.05) is 24.4 Å². The summed E-state index contributed by atoms with van der Waals surface area (Å²) in [5, 5.41) is 11.7. The second kappa shape index (κ2) is 4.56. The van der Waals surface area contributed by atoms with Crippen LogP contribution >= 0.6 is 0 Å². The highest BCUT2D eigenvalue weighted by molar-refractivity contribution is 6.07. The molecule has 96 valence electrons. The smallest absolute Gasteiger partial charge is 0.305 e. The third-order valence-corrected chi connectivity index (χ3v) is 2.89. The number of hydrogen-bond donors (Lipinski definition) is 2. The zero-order valence-corrected chi connectivity index (χ0v) is 10.1. The van der Waals surface area contributed by atoms with Gasteiger partial charge in [-0.3, -0.25) is 9.59 Å². The Labute approximate surface area is 104 Å². The largest absolute Gasteiger partial charge is 0.494 e. The molecule has 0 aliphatic carbocycles. The molecule has 0 fully saturated rings. The number of carboxylic acids is 1. The van der Waals surface area contributed by atoms with E-state index in [1.54, 1.807) is 25.2 Å². The van der Waals surface area contributed by atoms with Crippen molar-refractivity contribution in [1.29, 1.82) is 0 Å². The fourth-order valence-electron chi connectivity index (χ4n) is 2.06. The van der Waals surface area contributed by atoms with Crippen LogP contribution in [0.4, 0.5) is 11.4 Å². The molecule has 0 saturated carbocycles. The van der Waals surface area contributed by atoms with Crippen LogP contribution in [0.3, 0.4) is 0 Å². The van der Waals surface area contributed by atoms with Gasteiger partial charge in [-0.05, 0) is 12.1 Å². The minimum atomic E-state index is -1.01. The van der Waals surface area contributed by atoms with Crippen LogP contribution in [0.25, 0.3) is 0 Å². The first-order valence-electron chi connectivity index (χ1n) is 5.47. The zero-order valence-electron chi connectivity index (χ0n) is 10.1. The number of nitrogens with zero attached hydrogens (tertiary/aromatic N) is 1. The molecule has 2 N–H and O–H groups in total. The molecule has 0 spiro atoms. The van der Waals surface area contributed by atoms with Crippen molar-refractivity contribution in [2.24, 2.45) is 0 Å². The molecule has 0 bridgehead atoms. The number of hydrogen-bond acceptors (Lipinski definition) is 4. The molecule has 1 unspecified atom stereocenters. The van der Waals surface area contributed by atoms with E-state index in [2.05, 4.69) is 5.32 Å². The molecule has 1 aliphatic heterocycles. The summed E-state index contributed by atoms with van der Waals surface area (Å²) >= 11 is 0. The summed E-state index contributed by atoms with van der Waals surface area (Å²) in [6.07, 6.45) is -0.250. The molecule has 18 heavy (non-hydrogen) atoms. The maximum absolute atomic E-state index is 12.0. The van der Waals surface area contributed by atoms with Crippen LogP contribution in [0.5, 0.6) is 5.75 Å². The van der Waals surface area contributed by atoms with E-state index in [0.29, 0.717) is 17.1 Å². The van der Waals surface area contributed by atoms with Crippen molar-refractivity contribution in [1.82, 2.24) is 0 Å². The zero-order chi connectivity index (χ0) is 13.3. The first-order chi connectivity index (χ1) is 8.54. The SMILES string of the molecule is COc1cccc2c1N(C)C(=O)C(CC(=O)O)N2. The van der Waals surface area contributed by atoms with Crippen molar-refractivity contribution >= 4 is 23.3 Å². The molecule has 6 nitrogen and oxygen atoms in total. The minimum Gasteiger partial charge on any atom is -0.494 e. The molecule has 0 aromatic heterocycles. The van der Waals surface area contributed by atoms with E-state index < -0.39 is 12.0 Å². The second-order valence-corrected chi connectivity index (χ2v) is 4.05. The topological polar surface area (TPSA) is 78.9 Å². The first kappa shape index (κ1) is 12.2. The van der Waals surface area contributed by atoms with Crippen LogP contribution in [0.15, 0.2) is 18.2 Å². The highest BCUT2D eigenvalue weighted by atomic mass is 16.5. The standard InChI is InChI=1S/C12H14N2O4/c1-14-11-7(4-3-5-9(11)18-2)13-8(12(14)17)6-10(15)16/h3-5,8,13H,6H2,1-2H3,(H,15,16). The van der Waals surface area contributed by atoms with Gasteiger partial charge in [-0.15, -0.1) is 0 Å². The van der Waals surface area contributed by atoms with E-state index in [9.17, 15) is 9.59 Å². The number of carbonyl (C=O) groups excluding carboxylic acids is 1. The maximum Gasteiger partial charge on any atom is 0.305 e. The van der Waals surface area contributed by atoms with Crippen molar-refractivity contribution < 1.29 is 19.4 Å². The molecule has 1 aromatic rings. The Morgan fingerprint density at radius 3 is 2.89 bits per heavy atom. The molecule has 0 saturated heterocycles. The lowest BCUT2D eigenvalue weighted by Gasteiger charge is -2.33. The number of benzene rings is 1. The number of methoxy groups -OCH3 is 1. The number of aliphatic carboxylic acids is 1. The lowest BCUT2D eigenvalue weighted by Crippen LogP contribution is -2.46. The van der Waals surface area contributed by atoms with Gasteiger partial charge in [-0.1, -0.05) is 6.07 Å². The van der Waals surface area contributed by atoms with Gasteiger partial charge in [0.05, 0.1) is 19.2 Å². The molecule has 1 atom stereocenters. The van der Waals surface area contributed by atoms with Crippen molar-refractivity contribution in [2.45, 2.75) is 12.5 Å². The lowest BCUT2D eigenvalue weighted by molar-refractivity contribution is -0.138. The van der Waals surface area contributed by atoms with Crippen molar-refractivity contribution in [3.05, 3.63) is 18.2 Å². The Balaban J connectivity index is 2.40. The van der Waals surface area contributed by atoms with Gasteiger partial charge in [0.25, 0.3) is 0 Å². The van der Waals surface area contributed by atoms with E-state index in [1.807, 2.05) is 0 Å². The monoisotopic (exact) mass is 250 g/mol. The third-order valence-electron chi connectivity index (χ3n) is 2.89. The number of amides is 1. The Hall–Kier alpha value is -2.24. The molecule has 6 heteroatoms. The Kier molecular flexibility index (Phi) is 3.10. The summed E-state index contributed by atoms with van der Waals surface area (Å²) < 4.78 is 5.20. The van der Waals surface area contributed by atoms with Crippen LogP contribution in [0, 0.1) is 0 Å². The number of likely N-dealkylation sites (N-methyl/N-ethyl adjacent to an activating group) is 1. The average molecular weight is 250 g/mol. The maximum atomic E-state index is 12.0. The van der Waals surface area contributed by atoms with E-state index in [-0.39, 0.29) is 12.3 Å². The number of carbonyl (C=O) groups is 2. The normalized spacial score (nSPS) is 18.0. The molecule has 2 rings (SSSR count). The first-order valence-corrected chi connectivity index (χ1v) is 5.47. The summed E-state index contributed by atoms with van der Waals surface area (Å²) in [5.41, 5.74) is 1.33. The van der Waals surface area contributed by atoms with Crippen LogP contribution in [0.2, 0.25) is 0 Å². The summed E-state index contributed by atoms with van der Waals surface area (Å²) in [7, 11) is 3.14. The Morgan fingerprint density at radius 1 is 1.56 bits per heavy atom. The van der Waals surface area contributed by atoms with Gasteiger partial charge in [0, 0.05) is 7.05 Å². The van der Waals surface area contributed by atoms with Gasteiger partial charge < -0.3 is 20.1 Å². The van der Waals surface area contributed by atoms with Crippen LogP contribution < -0.4 is 15.0 Å². The molecular formula is C12H14N2O4. The summed E-state index contributed by atoms with van der Waals surface area (Å²) in [4.78, 5) is 24.2. The predicted octanol–water partition coefficient (Wildman–Crippen LogP) is 0.927. The third kappa shape index (κ3) is 1.97. The van der Waals surface area contributed by atoms with E-state index >= 15 is 0 Å². The number of ether oxygens (including phenoxy) is 1. The van der Waals surface area contributed by atoms with E-state index in [4.69, 9.17) is 9.84 Å². The van der Waals surface area contributed by atoms with Gasteiger partial charge in [-0.2, -0.15) is 0 Å². The molecule has 1 heterocycles. The average Bonchev–Trinajstić information content (AvgIpc) is 2.34. The van der Waals surface area contributed by atoms with Gasteiger partial charge in [0.2, 0.25) is 5.91 Å². The van der Waals surface area contributed by atoms with Gasteiger partial charge in [0.1, 0.15) is 17.5 Å². The molecular weight excluding hydrogens is 236 g/mol. The number of rotatable bonds is 3. The Bertz CT molecular complexity index is 501. The number of para-hydroxylation sites is 1. The highest BCUT2D eigenvalue weighted by Gasteiger charge is 2.33. The number of carboxylic acid groups (broad SMARTS) is 1. The van der Waals surface area contributed by atoms with Gasteiger partial charge in [-0.25, -0.2) is 0 Å². The van der Waals surface area contributed by atoms with E-state index in [0.717, 1.165) is 0 Å². The van der Waals surface area contributed by atoms with Crippen molar-refractivity contribution in [3.8, 4) is 5.75 Å². The van der Waals surface area contributed by atoms with E-state index in [1.165, 1.54) is 12.0 Å². The Morgan fingerprint density at radius 2 is 2.28 bits per heavy atom. The summed E-state index contributed by atoms with van der Waals surface area (Å²) in [6.45, 7) is 0. The molecule has 0 radical (unpaired) electrons. The predicted molar refractivity (Wildman–Crippen MR) is 66.1 cm³/mol. The summed E-state index contributed by atoms with van der Waals surface area (Å²) in [5.74, 6) is -0.723. The molecule has 1 aliphatic rings. The van der Waals surface area contributed by atoms with Crippen LogP contribution in [0.1, 0.15) is 6.42 Å². The number of fused-ring (bicyclic) bond motifs is 1. The number of anilines is 2. The van der Waals surface area contributed by atoms with Crippen LogP contribution in [-0.2, 0) is 9.59 Å². The van der Waals surface area contributed by atoms with Gasteiger partial charge in [0.15, 0.2) is 0 Å². The minimum absolute atomic E-state index is 0.250. The van der Waals surface area contributed by atoms with Crippen LogP contribution in [-0.4, -0.2) is 37.2 Å². The van der Waals surface area contributed by atoms with Crippen molar-refractivity contribution in [3.63, 3.8) is 0 Å². The summed E-state index contributed by atoms with van der Waals surface area (Å²) in [6, 6.07) is 4.58. The number of nitrogens with one attached hydrogen (secondary N) is 1.